The van der Waals surface area contributed by atoms with Gasteiger partial charge in [-0.3, -0.25) is 9.59 Å². The molecule has 4 rings (SSSR count). The highest BCUT2D eigenvalue weighted by Gasteiger charge is 2.36. The molecular weight excluding hydrogens is 278 g/mol. The number of aromatic amines is 1. The lowest BCUT2D eigenvalue weighted by Crippen LogP contribution is -2.32. The van der Waals surface area contributed by atoms with Crippen LogP contribution in [0.4, 0.5) is 0 Å². The number of hydrogen-bond acceptors (Lipinski definition) is 3. The molecule has 1 aromatic carbocycles. The highest BCUT2D eigenvalue weighted by molar-refractivity contribution is 5.90. The van der Waals surface area contributed by atoms with Gasteiger partial charge in [-0.15, -0.1) is 0 Å². The largest absolute Gasteiger partial charge is 0.425 e. The summed E-state index contributed by atoms with van der Waals surface area (Å²) in [6.07, 6.45) is 6.18. The number of carbonyl (C=O) groups is 1. The Morgan fingerprint density at radius 3 is 2.64 bits per heavy atom. The number of benzene rings is 1. The standard InChI is InChI=1S/C18H19NO3/c20-15-10-13(11-6-2-1-3-7-11)16-17(22-15)12-8-4-5-9-14(12)19-18(16)21/h4-5,8-9,11,13H,1-3,6-7,10H2,(H,19,21). The Balaban J connectivity index is 1.91. The number of fused-ring (bicyclic) bond motifs is 3. The zero-order valence-electron chi connectivity index (χ0n) is 12.4. The van der Waals surface area contributed by atoms with E-state index in [4.69, 9.17) is 4.74 Å². The van der Waals surface area contributed by atoms with Crippen molar-refractivity contribution in [1.29, 1.82) is 0 Å². The highest BCUT2D eigenvalue weighted by Crippen LogP contribution is 2.44. The quantitative estimate of drug-likeness (QED) is 0.820. The van der Waals surface area contributed by atoms with Crippen molar-refractivity contribution in [3.05, 3.63) is 40.2 Å². The Morgan fingerprint density at radius 2 is 1.82 bits per heavy atom. The lowest BCUT2D eigenvalue weighted by molar-refractivity contribution is -0.136. The minimum atomic E-state index is -0.209. The van der Waals surface area contributed by atoms with E-state index < -0.39 is 0 Å². The summed E-state index contributed by atoms with van der Waals surface area (Å²) in [5.74, 6) is 0.706. The van der Waals surface area contributed by atoms with Crippen molar-refractivity contribution in [3.63, 3.8) is 0 Å². The zero-order valence-corrected chi connectivity index (χ0v) is 12.4. The van der Waals surface area contributed by atoms with E-state index >= 15 is 0 Å². The molecule has 2 aromatic rings. The number of para-hydroxylation sites is 1. The molecule has 1 fully saturated rings. The molecule has 114 valence electrons. The van der Waals surface area contributed by atoms with Gasteiger partial charge in [0.05, 0.1) is 17.5 Å². The number of esters is 1. The summed E-state index contributed by atoms with van der Waals surface area (Å²) in [5, 5.41) is 0.825. The van der Waals surface area contributed by atoms with Crippen LogP contribution >= 0.6 is 0 Å². The molecule has 0 bridgehead atoms. The van der Waals surface area contributed by atoms with Crippen LogP contribution in [0, 0.1) is 5.92 Å². The number of nitrogens with one attached hydrogen (secondary N) is 1. The maximum Gasteiger partial charge on any atom is 0.311 e. The fourth-order valence-corrected chi connectivity index (χ4v) is 4.05. The molecule has 1 aliphatic carbocycles. The highest BCUT2D eigenvalue weighted by atomic mass is 16.5. The molecule has 0 amide bonds. The molecule has 1 saturated carbocycles. The molecule has 2 aliphatic rings. The molecule has 4 nitrogen and oxygen atoms in total. The Hall–Kier alpha value is -2.10. The number of hydrogen-bond donors (Lipinski definition) is 1. The van der Waals surface area contributed by atoms with Gasteiger partial charge in [0.15, 0.2) is 0 Å². The van der Waals surface area contributed by atoms with Crippen molar-refractivity contribution in [1.82, 2.24) is 4.98 Å². The van der Waals surface area contributed by atoms with Crippen LogP contribution in [0.3, 0.4) is 0 Å². The Labute approximate surface area is 128 Å². The van der Waals surface area contributed by atoms with Crippen LogP contribution in [0.15, 0.2) is 29.1 Å². The Morgan fingerprint density at radius 1 is 1.05 bits per heavy atom. The van der Waals surface area contributed by atoms with Crippen molar-refractivity contribution in [3.8, 4) is 5.75 Å². The van der Waals surface area contributed by atoms with E-state index in [0.717, 1.165) is 23.7 Å². The molecule has 22 heavy (non-hydrogen) atoms. The summed E-state index contributed by atoms with van der Waals surface area (Å²) in [6, 6.07) is 7.52. The maximum atomic E-state index is 12.6. The van der Waals surface area contributed by atoms with Gasteiger partial charge in [0.1, 0.15) is 5.75 Å². The lowest BCUT2D eigenvalue weighted by atomic mass is 9.74. The van der Waals surface area contributed by atoms with Crippen LogP contribution in [0.25, 0.3) is 10.9 Å². The maximum absolute atomic E-state index is 12.6. The smallest absolute Gasteiger partial charge is 0.311 e. The second kappa shape index (κ2) is 5.27. The van der Waals surface area contributed by atoms with E-state index in [1.54, 1.807) is 0 Å². The summed E-state index contributed by atoms with van der Waals surface area (Å²) in [7, 11) is 0. The summed E-state index contributed by atoms with van der Waals surface area (Å²) in [5.41, 5.74) is 1.31. The van der Waals surface area contributed by atoms with E-state index in [0.29, 0.717) is 23.7 Å². The fraction of sp³-hybridized carbons (Fsp3) is 0.444. The first-order chi connectivity index (χ1) is 10.7. The van der Waals surface area contributed by atoms with Crippen molar-refractivity contribution in [2.24, 2.45) is 5.92 Å². The molecule has 4 heteroatoms. The van der Waals surface area contributed by atoms with Gasteiger partial charge in [-0.05, 0) is 30.9 Å². The fourth-order valence-electron chi connectivity index (χ4n) is 4.05. The summed E-state index contributed by atoms with van der Waals surface area (Å²) < 4.78 is 5.49. The molecule has 0 saturated heterocycles. The lowest BCUT2D eigenvalue weighted by Gasteiger charge is -2.33. The topological polar surface area (TPSA) is 59.2 Å². The molecule has 1 atom stereocenters. The predicted molar refractivity (Wildman–Crippen MR) is 84.1 cm³/mol. The predicted octanol–water partition coefficient (Wildman–Crippen LogP) is 3.50. The van der Waals surface area contributed by atoms with Crippen LogP contribution in [0.5, 0.6) is 5.75 Å². The van der Waals surface area contributed by atoms with Crippen molar-refractivity contribution in [2.45, 2.75) is 44.4 Å². The van der Waals surface area contributed by atoms with Crippen molar-refractivity contribution >= 4 is 16.9 Å². The van der Waals surface area contributed by atoms with Crippen LogP contribution in [0.2, 0.25) is 0 Å². The van der Waals surface area contributed by atoms with E-state index in [1.807, 2.05) is 24.3 Å². The van der Waals surface area contributed by atoms with Gasteiger partial charge >= 0.3 is 5.97 Å². The first-order valence-corrected chi connectivity index (χ1v) is 8.09. The number of ether oxygens (including phenoxy) is 1. The minimum absolute atomic E-state index is 0.00454. The molecule has 0 spiro atoms. The summed E-state index contributed by atoms with van der Waals surface area (Å²) >= 11 is 0. The zero-order chi connectivity index (χ0) is 15.1. The summed E-state index contributed by atoms with van der Waals surface area (Å²) in [6.45, 7) is 0. The van der Waals surface area contributed by atoms with E-state index in [1.165, 1.54) is 19.3 Å². The molecule has 1 aliphatic heterocycles. The molecule has 1 N–H and O–H groups in total. The van der Waals surface area contributed by atoms with Gasteiger partial charge in [0, 0.05) is 11.3 Å². The van der Waals surface area contributed by atoms with Gasteiger partial charge < -0.3 is 9.72 Å². The minimum Gasteiger partial charge on any atom is -0.425 e. The van der Waals surface area contributed by atoms with Gasteiger partial charge in [-0.2, -0.15) is 0 Å². The van der Waals surface area contributed by atoms with Crippen LogP contribution in [-0.2, 0) is 4.79 Å². The third-order valence-corrected chi connectivity index (χ3v) is 5.10. The normalized spacial score (nSPS) is 22.4. The molecule has 1 unspecified atom stereocenters. The second-order valence-electron chi connectivity index (χ2n) is 6.43. The molecule has 2 heterocycles. The van der Waals surface area contributed by atoms with Gasteiger partial charge in [0.2, 0.25) is 0 Å². The van der Waals surface area contributed by atoms with Crippen LogP contribution in [0.1, 0.15) is 50.0 Å². The third kappa shape index (κ3) is 2.14. The van der Waals surface area contributed by atoms with Crippen LogP contribution in [-0.4, -0.2) is 11.0 Å². The van der Waals surface area contributed by atoms with Crippen LogP contribution < -0.4 is 10.3 Å². The molecule has 0 radical (unpaired) electrons. The van der Waals surface area contributed by atoms with Crippen molar-refractivity contribution in [2.75, 3.05) is 0 Å². The number of rotatable bonds is 1. The average Bonchev–Trinajstić information content (AvgIpc) is 2.55. The molecular formula is C18H19NO3. The van der Waals surface area contributed by atoms with E-state index in [9.17, 15) is 9.59 Å². The number of aromatic nitrogens is 1. The summed E-state index contributed by atoms with van der Waals surface area (Å²) in [4.78, 5) is 27.6. The van der Waals surface area contributed by atoms with Gasteiger partial charge in [-0.25, -0.2) is 0 Å². The monoisotopic (exact) mass is 297 g/mol. The Kier molecular flexibility index (Phi) is 3.25. The SMILES string of the molecule is O=C1CC(C2CCCCC2)c2c(c3ccccc3[nH]c2=O)O1. The second-order valence-corrected chi connectivity index (χ2v) is 6.43. The number of H-pyrrole nitrogens is 1. The number of carbonyl (C=O) groups excluding carboxylic acids is 1. The first-order valence-electron chi connectivity index (χ1n) is 8.09. The van der Waals surface area contributed by atoms with E-state index in [2.05, 4.69) is 4.98 Å². The Bertz CT molecular complexity index is 787. The average molecular weight is 297 g/mol. The third-order valence-electron chi connectivity index (χ3n) is 5.10. The van der Waals surface area contributed by atoms with Crippen molar-refractivity contribution < 1.29 is 9.53 Å². The number of pyridine rings is 1. The van der Waals surface area contributed by atoms with Gasteiger partial charge in [-0.1, -0.05) is 31.4 Å². The first kappa shape index (κ1) is 13.6. The van der Waals surface area contributed by atoms with Gasteiger partial charge in [0.25, 0.3) is 5.56 Å². The molecule has 1 aromatic heterocycles. The van der Waals surface area contributed by atoms with E-state index in [-0.39, 0.29) is 17.4 Å².